The van der Waals surface area contributed by atoms with Crippen LogP contribution < -0.4 is 5.32 Å². The Bertz CT molecular complexity index is 882. The molecular weight excluding hydrogens is 334 g/mol. The smallest absolute Gasteiger partial charge is 0.348 e. The average molecular weight is 345 g/mol. The SMILES string of the molecule is COC(=O)c1sc(NC(=O)c2ccccc2[N+](=O)[O-])c(C#N)c1C. The molecule has 0 radical (unpaired) electrons. The van der Waals surface area contributed by atoms with Gasteiger partial charge >= 0.3 is 5.97 Å². The third kappa shape index (κ3) is 3.09. The molecule has 1 aromatic carbocycles. The molecule has 0 aliphatic heterocycles. The fourth-order valence-corrected chi connectivity index (χ4v) is 3.09. The summed E-state index contributed by atoms with van der Waals surface area (Å²) >= 11 is 0.882. The summed E-state index contributed by atoms with van der Waals surface area (Å²) in [6.07, 6.45) is 0. The number of thiophene rings is 1. The number of carbonyl (C=O) groups is 2. The van der Waals surface area contributed by atoms with Crippen LogP contribution in [-0.4, -0.2) is 23.9 Å². The first-order valence-corrected chi connectivity index (χ1v) is 7.39. The number of ether oxygens (including phenoxy) is 1. The van der Waals surface area contributed by atoms with Crippen LogP contribution >= 0.6 is 11.3 Å². The maximum Gasteiger partial charge on any atom is 0.348 e. The van der Waals surface area contributed by atoms with E-state index in [4.69, 9.17) is 0 Å². The van der Waals surface area contributed by atoms with Gasteiger partial charge in [-0.2, -0.15) is 5.26 Å². The Balaban J connectivity index is 2.42. The molecule has 8 nitrogen and oxygen atoms in total. The van der Waals surface area contributed by atoms with Crippen LogP contribution in [0.5, 0.6) is 0 Å². The van der Waals surface area contributed by atoms with E-state index in [9.17, 15) is 25.0 Å². The van der Waals surface area contributed by atoms with Gasteiger partial charge in [0.25, 0.3) is 11.6 Å². The summed E-state index contributed by atoms with van der Waals surface area (Å²) in [6, 6.07) is 7.36. The highest BCUT2D eigenvalue weighted by Crippen LogP contribution is 2.33. The van der Waals surface area contributed by atoms with Crippen molar-refractivity contribution in [1.82, 2.24) is 0 Å². The van der Waals surface area contributed by atoms with Gasteiger partial charge in [-0.1, -0.05) is 12.1 Å². The Hall–Kier alpha value is -3.25. The van der Waals surface area contributed by atoms with Gasteiger partial charge in [0, 0.05) is 6.07 Å². The predicted octanol–water partition coefficient (Wildman–Crippen LogP) is 2.88. The number of rotatable bonds is 4. The van der Waals surface area contributed by atoms with Gasteiger partial charge in [-0.15, -0.1) is 11.3 Å². The zero-order valence-corrected chi connectivity index (χ0v) is 13.5. The minimum Gasteiger partial charge on any atom is -0.465 e. The number of nitrogens with one attached hydrogen (secondary N) is 1. The molecule has 0 atom stereocenters. The number of hydrogen-bond acceptors (Lipinski definition) is 7. The van der Waals surface area contributed by atoms with Crippen molar-refractivity contribution in [1.29, 1.82) is 5.26 Å². The molecule has 0 bridgehead atoms. The molecule has 0 saturated carbocycles. The Labute approximate surface area is 140 Å². The molecule has 0 saturated heterocycles. The first-order valence-electron chi connectivity index (χ1n) is 6.57. The van der Waals surface area contributed by atoms with Crippen LogP contribution in [0.1, 0.15) is 31.2 Å². The van der Waals surface area contributed by atoms with Gasteiger partial charge in [0.2, 0.25) is 0 Å². The van der Waals surface area contributed by atoms with E-state index in [1.54, 1.807) is 6.92 Å². The Morgan fingerprint density at radius 2 is 2.04 bits per heavy atom. The summed E-state index contributed by atoms with van der Waals surface area (Å²) in [5.41, 5.74) is 0.00610. The van der Waals surface area contributed by atoms with E-state index in [0.29, 0.717) is 5.56 Å². The number of esters is 1. The third-order valence-electron chi connectivity index (χ3n) is 3.20. The largest absolute Gasteiger partial charge is 0.465 e. The fraction of sp³-hybridized carbons (Fsp3) is 0.133. The van der Waals surface area contributed by atoms with E-state index in [0.717, 1.165) is 11.3 Å². The van der Waals surface area contributed by atoms with E-state index in [-0.39, 0.29) is 26.7 Å². The highest BCUT2D eigenvalue weighted by molar-refractivity contribution is 7.18. The van der Waals surface area contributed by atoms with Crippen molar-refractivity contribution in [3.05, 3.63) is 55.9 Å². The number of anilines is 1. The molecule has 2 aromatic rings. The number of benzene rings is 1. The van der Waals surface area contributed by atoms with Crippen LogP contribution in [0.3, 0.4) is 0 Å². The highest BCUT2D eigenvalue weighted by Gasteiger charge is 2.24. The summed E-state index contributed by atoms with van der Waals surface area (Å²) in [6.45, 7) is 1.56. The number of nitro benzene ring substituents is 1. The van der Waals surface area contributed by atoms with Crippen molar-refractivity contribution in [3.63, 3.8) is 0 Å². The van der Waals surface area contributed by atoms with Crippen molar-refractivity contribution < 1.29 is 19.2 Å². The van der Waals surface area contributed by atoms with E-state index < -0.39 is 16.8 Å². The highest BCUT2D eigenvalue weighted by atomic mass is 32.1. The summed E-state index contributed by atoms with van der Waals surface area (Å²) in [7, 11) is 1.21. The number of nitriles is 1. The van der Waals surface area contributed by atoms with Crippen LogP contribution in [0.4, 0.5) is 10.7 Å². The molecule has 1 heterocycles. The lowest BCUT2D eigenvalue weighted by atomic mass is 10.1. The van der Waals surface area contributed by atoms with E-state index in [2.05, 4.69) is 10.1 Å². The van der Waals surface area contributed by atoms with Crippen LogP contribution in [0.2, 0.25) is 0 Å². The van der Waals surface area contributed by atoms with Crippen LogP contribution in [0.15, 0.2) is 24.3 Å². The summed E-state index contributed by atoms with van der Waals surface area (Å²) in [5, 5.41) is 22.8. The van der Waals surface area contributed by atoms with Gasteiger partial charge in [-0.25, -0.2) is 4.79 Å². The predicted molar refractivity (Wildman–Crippen MR) is 86.2 cm³/mol. The molecule has 0 fully saturated rings. The molecule has 0 aliphatic rings. The Morgan fingerprint density at radius 3 is 2.62 bits per heavy atom. The zero-order chi connectivity index (χ0) is 17.9. The van der Waals surface area contributed by atoms with Gasteiger partial charge in [0.15, 0.2) is 0 Å². The van der Waals surface area contributed by atoms with Crippen LogP contribution in [-0.2, 0) is 4.74 Å². The molecule has 1 aromatic heterocycles. The summed E-state index contributed by atoms with van der Waals surface area (Å²) < 4.78 is 4.63. The molecular formula is C15H11N3O5S. The third-order valence-corrected chi connectivity index (χ3v) is 4.39. The van der Waals surface area contributed by atoms with E-state index in [1.807, 2.05) is 6.07 Å². The standard InChI is InChI=1S/C15H11N3O5S/c1-8-10(7-16)14(24-12(8)15(20)23-2)17-13(19)9-5-3-4-6-11(9)18(21)22/h3-6H,1-2H3,(H,17,19). The van der Waals surface area contributed by atoms with Crippen LogP contribution in [0.25, 0.3) is 0 Å². The first kappa shape index (κ1) is 17.1. The molecule has 0 spiro atoms. The number of nitrogens with zero attached hydrogens (tertiary/aromatic N) is 2. The van der Waals surface area contributed by atoms with Crippen molar-refractivity contribution in [2.75, 3.05) is 12.4 Å². The fourth-order valence-electron chi connectivity index (χ4n) is 2.02. The molecule has 1 N–H and O–H groups in total. The molecule has 0 unspecified atom stereocenters. The minimum atomic E-state index is -0.739. The normalized spacial score (nSPS) is 9.88. The second-order valence-electron chi connectivity index (χ2n) is 4.59. The molecule has 122 valence electrons. The van der Waals surface area contributed by atoms with Gasteiger partial charge in [-0.05, 0) is 18.6 Å². The molecule has 24 heavy (non-hydrogen) atoms. The number of amides is 1. The molecule has 0 aliphatic carbocycles. The van der Waals surface area contributed by atoms with Crippen molar-refractivity contribution in [3.8, 4) is 6.07 Å². The first-order chi connectivity index (χ1) is 11.4. The Morgan fingerprint density at radius 1 is 1.38 bits per heavy atom. The van der Waals surface area contributed by atoms with Crippen molar-refractivity contribution in [2.45, 2.75) is 6.92 Å². The van der Waals surface area contributed by atoms with Crippen LogP contribution in [0, 0.1) is 28.4 Å². The average Bonchev–Trinajstić information content (AvgIpc) is 2.89. The van der Waals surface area contributed by atoms with Crippen molar-refractivity contribution in [2.24, 2.45) is 0 Å². The van der Waals surface area contributed by atoms with Gasteiger partial charge < -0.3 is 10.1 Å². The molecule has 1 amide bonds. The number of hydrogen-bond donors (Lipinski definition) is 1. The summed E-state index contributed by atoms with van der Waals surface area (Å²) in [5.74, 6) is -1.36. The quantitative estimate of drug-likeness (QED) is 0.516. The second kappa shape index (κ2) is 6.89. The second-order valence-corrected chi connectivity index (χ2v) is 5.61. The maximum absolute atomic E-state index is 12.3. The number of carbonyl (C=O) groups excluding carboxylic acids is 2. The van der Waals surface area contributed by atoms with Gasteiger partial charge in [0.05, 0.1) is 17.6 Å². The number of para-hydroxylation sites is 1. The lowest BCUT2D eigenvalue weighted by molar-refractivity contribution is -0.385. The molecule has 2 rings (SSSR count). The maximum atomic E-state index is 12.3. The van der Waals surface area contributed by atoms with Gasteiger partial charge in [0.1, 0.15) is 21.5 Å². The Kier molecular flexibility index (Phi) is 4.91. The topological polar surface area (TPSA) is 122 Å². The summed E-state index contributed by atoms with van der Waals surface area (Å²) in [4.78, 5) is 34.5. The van der Waals surface area contributed by atoms with E-state index >= 15 is 0 Å². The van der Waals surface area contributed by atoms with Gasteiger partial charge in [-0.3, -0.25) is 14.9 Å². The number of methoxy groups -OCH3 is 1. The molecule has 9 heteroatoms. The van der Waals surface area contributed by atoms with E-state index in [1.165, 1.54) is 31.4 Å². The number of nitro groups is 1. The monoisotopic (exact) mass is 345 g/mol. The zero-order valence-electron chi connectivity index (χ0n) is 12.7. The lowest BCUT2D eigenvalue weighted by Gasteiger charge is -2.04. The van der Waals surface area contributed by atoms with Crippen molar-refractivity contribution >= 4 is 33.9 Å². The minimum absolute atomic E-state index is 0.118. The lowest BCUT2D eigenvalue weighted by Crippen LogP contribution is -2.13.